The molecular weight excluding hydrogens is 240 g/mol. The van der Waals surface area contributed by atoms with E-state index in [9.17, 15) is 4.79 Å². The average Bonchev–Trinajstić information content (AvgIpc) is 2.80. The molecule has 2 aromatic rings. The van der Waals surface area contributed by atoms with E-state index in [0.29, 0.717) is 19.4 Å². The smallest absolute Gasteiger partial charge is 0.222 e. The maximum atomic E-state index is 11.8. The Kier molecular flexibility index (Phi) is 4.58. The molecule has 1 amide bonds. The van der Waals surface area contributed by atoms with Gasteiger partial charge in [-0.1, -0.05) is 18.2 Å². The fourth-order valence-corrected chi connectivity index (χ4v) is 2.17. The second kappa shape index (κ2) is 6.38. The van der Waals surface area contributed by atoms with Crippen LogP contribution in [0.3, 0.4) is 0 Å². The monoisotopic (exact) mass is 260 g/mol. The van der Waals surface area contributed by atoms with Crippen LogP contribution in [0.15, 0.2) is 36.5 Å². The highest BCUT2D eigenvalue weighted by atomic mass is 16.3. The van der Waals surface area contributed by atoms with E-state index in [1.807, 2.05) is 25.3 Å². The first-order valence-corrected chi connectivity index (χ1v) is 6.65. The van der Waals surface area contributed by atoms with Crippen molar-refractivity contribution in [3.05, 3.63) is 36.5 Å². The van der Waals surface area contributed by atoms with Crippen LogP contribution in [0.1, 0.15) is 19.8 Å². The van der Waals surface area contributed by atoms with Crippen LogP contribution in [0.4, 0.5) is 0 Å². The maximum Gasteiger partial charge on any atom is 0.222 e. The van der Waals surface area contributed by atoms with Crippen LogP contribution in [-0.2, 0) is 11.3 Å². The number of aryl methyl sites for hydroxylation is 1. The van der Waals surface area contributed by atoms with Crippen molar-refractivity contribution in [3.8, 4) is 0 Å². The number of hydrogen-bond acceptors (Lipinski definition) is 2. The zero-order chi connectivity index (χ0) is 13.7. The van der Waals surface area contributed by atoms with Gasteiger partial charge in [-0.15, -0.1) is 0 Å². The van der Waals surface area contributed by atoms with Gasteiger partial charge in [0.25, 0.3) is 0 Å². The molecular formula is C15H20N2O2. The number of para-hydroxylation sites is 1. The third kappa shape index (κ3) is 3.58. The molecule has 2 N–H and O–H groups in total. The van der Waals surface area contributed by atoms with Gasteiger partial charge in [-0.2, -0.15) is 0 Å². The number of aliphatic hydroxyl groups excluding tert-OH is 1. The standard InChI is InChI=1S/C15H20N2O2/c1-12(8-11-18)16-15(19)7-10-17-9-6-13-4-2-3-5-14(13)17/h2-6,9,12,18H,7-8,10-11H2,1H3,(H,16,19). The Labute approximate surface area is 113 Å². The first-order chi connectivity index (χ1) is 9.20. The van der Waals surface area contributed by atoms with Crippen molar-refractivity contribution in [3.63, 3.8) is 0 Å². The van der Waals surface area contributed by atoms with E-state index < -0.39 is 0 Å². The molecule has 0 bridgehead atoms. The van der Waals surface area contributed by atoms with Crippen molar-refractivity contribution >= 4 is 16.8 Å². The van der Waals surface area contributed by atoms with E-state index in [-0.39, 0.29) is 18.6 Å². The second-order valence-electron chi connectivity index (χ2n) is 4.80. The summed E-state index contributed by atoms with van der Waals surface area (Å²) in [6.45, 7) is 2.67. The van der Waals surface area contributed by atoms with E-state index in [4.69, 9.17) is 5.11 Å². The Bertz CT molecular complexity index is 548. The molecule has 1 atom stereocenters. The lowest BCUT2D eigenvalue weighted by Crippen LogP contribution is -2.33. The molecule has 4 heteroatoms. The summed E-state index contributed by atoms with van der Waals surface area (Å²) in [7, 11) is 0. The number of fused-ring (bicyclic) bond motifs is 1. The van der Waals surface area contributed by atoms with Crippen molar-refractivity contribution in [2.24, 2.45) is 0 Å². The second-order valence-corrected chi connectivity index (χ2v) is 4.80. The minimum Gasteiger partial charge on any atom is -0.396 e. The number of nitrogens with zero attached hydrogens (tertiary/aromatic N) is 1. The number of amides is 1. The molecule has 0 saturated heterocycles. The summed E-state index contributed by atoms with van der Waals surface area (Å²) in [5.74, 6) is 0.0266. The molecule has 0 saturated carbocycles. The Morgan fingerprint density at radius 3 is 2.95 bits per heavy atom. The first kappa shape index (κ1) is 13.6. The third-order valence-electron chi connectivity index (χ3n) is 3.23. The lowest BCUT2D eigenvalue weighted by atomic mass is 10.2. The molecule has 1 aromatic carbocycles. The van der Waals surface area contributed by atoms with Crippen LogP contribution in [0.25, 0.3) is 10.9 Å². The fourth-order valence-electron chi connectivity index (χ4n) is 2.17. The molecule has 0 aliphatic carbocycles. The van der Waals surface area contributed by atoms with Gasteiger partial charge >= 0.3 is 0 Å². The highest BCUT2D eigenvalue weighted by Gasteiger charge is 2.07. The SMILES string of the molecule is CC(CCO)NC(=O)CCn1ccc2ccccc21. The van der Waals surface area contributed by atoms with E-state index in [1.165, 1.54) is 5.39 Å². The number of aromatic nitrogens is 1. The van der Waals surface area contributed by atoms with Gasteiger partial charge in [-0.3, -0.25) is 4.79 Å². The number of carbonyl (C=O) groups excluding carboxylic acids is 1. The highest BCUT2D eigenvalue weighted by Crippen LogP contribution is 2.15. The Hall–Kier alpha value is -1.81. The van der Waals surface area contributed by atoms with Crippen LogP contribution in [0.2, 0.25) is 0 Å². The summed E-state index contributed by atoms with van der Waals surface area (Å²) in [5, 5.41) is 12.9. The number of carbonyl (C=O) groups is 1. The molecule has 0 aliphatic heterocycles. The number of aliphatic hydroxyl groups is 1. The largest absolute Gasteiger partial charge is 0.396 e. The van der Waals surface area contributed by atoms with Crippen LogP contribution < -0.4 is 5.32 Å². The Morgan fingerprint density at radius 2 is 2.16 bits per heavy atom. The highest BCUT2D eigenvalue weighted by molar-refractivity contribution is 5.80. The molecule has 102 valence electrons. The van der Waals surface area contributed by atoms with Crippen molar-refractivity contribution < 1.29 is 9.90 Å². The van der Waals surface area contributed by atoms with Gasteiger partial charge in [0.1, 0.15) is 0 Å². The van der Waals surface area contributed by atoms with Crippen LogP contribution in [-0.4, -0.2) is 28.2 Å². The molecule has 0 aliphatic rings. The summed E-state index contributed by atoms with van der Waals surface area (Å²) in [6.07, 6.45) is 3.06. The summed E-state index contributed by atoms with van der Waals surface area (Å²) < 4.78 is 2.09. The van der Waals surface area contributed by atoms with Gasteiger partial charge < -0.3 is 15.0 Å². The molecule has 1 unspecified atom stereocenters. The first-order valence-electron chi connectivity index (χ1n) is 6.65. The number of rotatable bonds is 6. The van der Waals surface area contributed by atoms with Crippen molar-refractivity contribution in [2.45, 2.75) is 32.4 Å². The number of hydrogen-bond donors (Lipinski definition) is 2. The average molecular weight is 260 g/mol. The van der Waals surface area contributed by atoms with Gasteiger partial charge in [0.2, 0.25) is 5.91 Å². The van der Waals surface area contributed by atoms with Crippen LogP contribution in [0.5, 0.6) is 0 Å². The quantitative estimate of drug-likeness (QED) is 0.833. The van der Waals surface area contributed by atoms with Crippen LogP contribution in [0, 0.1) is 0 Å². The molecule has 1 heterocycles. The molecule has 0 spiro atoms. The van der Waals surface area contributed by atoms with E-state index in [1.54, 1.807) is 0 Å². The lowest BCUT2D eigenvalue weighted by Gasteiger charge is -2.12. The normalized spacial score (nSPS) is 12.5. The predicted molar refractivity (Wildman–Crippen MR) is 75.9 cm³/mol. The van der Waals surface area contributed by atoms with Gasteiger partial charge in [-0.05, 0) is 30.9 Å². The molecule has 2 rings (SSSR count). The number of nitrogens with one attached hydrogen (secondary N) is 1. The topological polar surface area (TPSA) is 54.3 Å². The minimum absolute atomic E-state index is 0.0266. The zero-order valence-electron chi connectivity index (χ0n) is 11.2. The summed E-state index contributed by atoms with van der Waals surface area (Å²) in [6, 6.07) is 10.2. The molecule has 0 radical (unpaired) electrons. The van der Waals surface area contributed by atoms with E-state index >= 15 is 0 Å². The molecule has 0 fully saturated rings. The van der Waals surface area contributed by atoms with Crippen molar-refractivity contribution in [2.75, 3.05) is 6.61 Å². The summed E-state index contributed by atoms with van der Waals surface area (Å²) >= 11 is 0. The minimum atomic E-state index is 0.0266. The maximum absolute atomic E-state index is 11.8. The van der Waals surface area contributed by atoms with E-state index in [0.717, 1.165) is 5.52 Å². The van der Waals surface area contributed by atoms with E-state index in [2.05, 4.69) is 28.1 Å². The fraction of sp³-hybridized carbons (Fsp3) is 0.400. The summed E-state index contributed by atoms with van der Waals surface area (Å²) in [5.41, 5.74) is 1.15. The Morgan fingerprint density at radius 1 is 1.37 bits per heavy atom. The summed E-state index contributed by atoms with van der Waals surface area (Å²) in [4.78, 5) is 11.8. The van der Waals surface area contributed by atoms with Gasteiger partial charge in [0.15, 0.2) is 0 Å². The molecule has 4 nitrogen and oxygen atoms in total. The third-order valence-corrected chi connectivity index (χ3v) is 3.23. The van der Waals surface area contributed by atoms with Crippen molar-refractivity contribution in [1.29, 1.82) is 0 Å². The molecule has 1 aromatic heterocycles. The predicted octanol–water partition coefficient (Wildman–Crippen LogP) is 1.92. The molecule has 19 heavy (non-hydrogen) atoms. The number of benzene rings is 1. The van der Waals surface area contributed by atoms with Gasteiger partial charge in [-0.25, -0.2) is 0 Å². The van der Waals surface area contributed by atoms with Gasteiger partial charge in [0, 0.05) is 37.3 Å². The van der Waals surface area contributed by atoms with Crippen LogP contribution >= 0.6 is 0 Å². The Balaban J connectivity index is 1.90. The van der Waals surface area contributed by atoms with Gasteiger partial charge in [0.05, 0.1) is 0 Å². The van der Waals surface area contributed by atoms with Crippen molar-refractivity contribution in [1.82, 2.24) is 9.88 Å². The zero-order valence-corrected chi connectivity index (χ0v) is 11.2. The lowest BCUT2D eigenvalue weighted by molar-refractivity contribution is -0.121.